The van der Waals surface area contributed by atoms with Crippen molar-refractivity contribution in [3.05, 3.63) is 46.6 Å². The molecule has 1 aromatic rings. The van der Waals surface area contributed by atoms with Crippen LogP contribution < -0.4 is 5.43 Å². The molecule has 3 atom stereocenters. The Hall–Kier alpha value is -2.05. The molecule has 1 aromatic carbocycles. The van der Waals surface area contributed by atoms with Crippen molar-refractivity contribution in [3.63, 3.8) is 0 Å². The van der Waals surface area contributed by atoms with E-state index < -0.39 is 0 Å². The second kappa shape index (κ2) is 11.9. The average Bonchev–Trinajstić information content (AvgIpc) is 3.46. The van der Waals surface area contributed by atoms with Crippen LogP contribution in [0.5, 0.6) is 0 Å². The molecule has 6 nitrogen and oxygen atoms in total. The first-order chi connectivity index (χ1) is 16.0. The number of benzene rings is 1. The van der Waals surface area contributed by atoms with E-state index in [0.717, 1.165) is 44.2 Å². The molecule has 0 spiro atoms. The predicted octanol–water partition coefficient (Wildman–Crippen LogP) is 4.91. The fourth-order valence-corrected chi connectivity index (χ4v) is 5.06. The van der Waals surface area contributed by atoms with Crippen LogP contribution in [-0.2, 0) is 9.59 Å². The van der Waals surface area contributed by atoms with Gasteiger partial charge in [0.25, 0.3) is 5.91 Å². The highest BCUT2D eigenvalue weighted by atomic mass is 35.5. The summed E-state index contributed by atoms with van der Waals surface area (Å²) >= 11 is 6.05. The van der Waals surface area contributed by atoms with Gasteiger partial charge in [0.1, 0.15) is 12.2 Å². The second-order valence-electron chi connectivity index (χ2n) is 8.99. The van der Waals surface area contributed by atoms with Crippen LogP contribution in [0.4, 0.5) is 0 Å². The Kier molecular flexibility index (Phi) is 9.21. The number of nitrogens with zero attached hydrogens (tertiary/aromatic N) is 3. The monoisotopic (exact) mass is 474 g/mol. The van der Waals surface area contributed by atoms with Gasteiger partial charge in [0.15, 0.2) is 0 Å². The van der Waals surface area contributed by atoms with Crippen molar-refractivity contribution in [3.8, 4) is 0 Å². The number of amides is 2. The van der Waals surface area contributed by atoms with Crippen LogP contribution in [0.2, 0.25) is 5.02 Å². The Morgan fingerprint density at radius 1 is 1.18 bits per heavy atom. The first kappa shape index (κ1) is 25.6. The first-order valence-electron chi connectivity index (χ1n) is 12.6. The third-order valence-electron chi connectivity index (χ3n) is 6.73. The van der Waals surface area contributed by atoms with Gasteiger partial charge in [-0.05, 0) is 50.0 Å². The molecular weight excluding hydrogens is 436 g/mol. The molecule has 3 aliphatic heterocycles. The first-order valence-corrected chi connectivity index (χ1v) is 13.0. The maximum atomic E-state index is 13.3. The molecular formula is C26H39ClN4O2. The molecule has 0 aromatic heterocycles. The van der Waals surface area contributed by atoms with E-state index in [0.29, 0.717) is 17.3 Å². The minimum absolute atomic E-state index is 0.0593. The van der Waals surface area contributed by atoms with Gasteiger partial charge < -0.3 is 9.80 Å². The van der Waals surface area contributed by atoms with Crippen molar-refractivity contribution in [1.82, 2.24) is 20.2 Å². The number of hydrogen-bond donors (Lipinski definition) is 1. The lowest BCUT2D eigenvalue weighted by Crippen LogP contribution is -2.58. The summed E-state index contributed by atoms with van der Waals surface area (Å²) in [6, 6.07) is 8.08. The second-order valence-corrected chi connectivity index (χ2v) is 9.43. The van der Waals surface area contributed by atoms with Gasteiger partial charge in [-0.2, -0.15) is 0 Å². The minimum Gasteiger partial charge on any atom is -0.338 e. The van der Waals surface area contributed by atoms with Gasteiger partial charge in [-0.15, -0.1) is 0 Å². The topological polar surface area (TPSA) is 55.9 Å². The number of halogens is 1. The largest absolute Gasteiger partial charge is 0.338 e. The van der Waals surface area contributed by atoms with E-state index in [1.54, 1.807) is 4.90 Å². The van der Waals surface area contributed by atoms with Crippen LogP contribution in [0, 0.1) is 0 Å². The summed E-state index contributed by atoms with van der Waals surface area (Å²) in [5.74, 6) is 0.0100. The maximum Gasteiger partial charge on any atom is 0.271 e. The molecule has 182 valence electrons. The molecule has 3 aliphatic rings. The van der Waals surface area contributed by atoms with Gasteiger partial charge in [0, 0.05) is 24.2 Å². The Bertz CT molecular complexity index is 841. The third kappa shape index (κ3) is 5.90. The lowest BCUT2D eigenvalue weighted by Gasteiger charge is -2.42. The number of piperazine rings is 1. The normalized spacial score (nSPS) is 24.4. The number of carbonyl (C=O) groups excluding carboxylic acids is 2. The maximum absolute atomic E-state index is 13.3. The molecule has 0 bridgehead atoms. The van der Waals surface area contributed by atoms with Crippen LogP contribution >= 0.6 is 11.6 Å². The third-order valence-corrected chi connectivity index (χ3v) is 6.99. The summed E-state index contributed by atoms with van der Waals surface area (Å²) in [6.07, 6.45) is 8.51. The molecule has 3 heterocycles. The lowest BCUT2D eigenvalue weighted by atomic mass is 10.0. The summed E-state index contributed by atoms with van der Waals surface area (Å²) in [4.78, 5) is 29.9. The van der Waals surface area contributed by atoms with Crippen molar-refractivity contribution in [2.24, 2.45) is 0 Å². The van der Waals surface area contributed by atoms with Crippen LogP contribution in [0.25, 0.3) is 0 Å². The summed E-state index contributed by atoms with van der Waals surface area (Å²) < 4.78 is 0. The zero-order chi connectivity index (χ0) is 24.0. The summed E-state index contributed by atoms with van der Waals surface area (Å²) in [5, 5.41) is 2.75. The number of carbonyl (C=O) groups is 2. The number of fused-ring (bicyclic) bond motifs is 1. The predicted molar refractivity (Wildman–Crippen MR) is 134 cm³/mol. The molecule has 0 saturated carbocycles. The van der Waals surface area contributed by atoms with Crippen molar-refractivity contribution in [2.45, 2.75) is 84.3 Å². The van der Waals surface area contributed by atoms with Crippen molar-refractivity contribution in [1.29, 1.82) is 0 Å². The van der Waals surface area contributed by atoms with Crippen molar-refractivity contribution in [2.75, 3.05) is 19.6 Å². The highest BCUT2D eigenvalue weighted by molar-refractivity contribution is 6.30. The Morgan fingerprint density at radius 2 is 1.91 bits per heavy atom. The van der Waals surface area contributed by atoms with E-state index in [1.807, 2.05) is 49.1 Å². The number of unbranched alkanes of at least 4 members (excludes halogenated alkanes) is 2. The van der Waals surface area contributed by atoms with Crippen LogP contribution in [0.15, 0.2) is 36.0 Å². The van der Waals surface area contributed by atoms with E-state index in [-0.39, 0.29) is 36.5 Å². The molecule has 33 heavy (non-hydrogen) atoms. The molecule has 0 aliphatic carbocycles. The van der Waals surface area contributed by atoms with Gasteiger partial charge >= 0.3 is 0 Å². The van der Waals surface area contributed by atoms with E-state index in [2.05, 4.69) is 24.3 Å². The van der Waals surface area contributed by atoms with Crippen LogP contribution in [0.1, 0.15) is 77.8 Å². The summed E-state index contributed by atoms with van der Waals surface area (Å²) in [7, 11) is 0. The van der Waals surface area contributed by atoms with Crippen LogP contribution in [0.3, 0.4) is 0 Å². The van der Waals surface area contributed by atoms with Gasteiger partial charge in [-0.3, -0.25) is 14.6 Å². The zero-order valence-electron chi connectivity index (χ0n) is 20.5. The number of likely N-dealkylation sites (tertiary alicyclic amines) is 1. The molecule has 2 amide bonds. The smallest absolute Gasteiger partial charge is 0.271 e. The fourth-order valence-electron chi connectivity index (χ4n) is 4.94. The summed E-state index contributed by atoms with van der Waals surface area (Å²) in [5.41, 5.74) is 5.26. The van der Waals surface area contributed by atoms with E-state index >= 15 is 0 Å². The molecule has 2 fully saturated rings. The zero-order valence-corrected chi connectivity index (χ0v) is 21.3. The van der Waals surface area contributed by atoms with E-state index in [1.165, 1.54) is 6.42 Å². The molecule has 1 N–H and O–H groups in total. The van der Waals surface area contributed by atoms with Crippen molar-refractivity contribution < 1.29 is 9.59 Å². The van der Waals surface area contributed by atoms with Gasteiger partial charge in [-0.1, -0.05) is 63.8 Å². The number of rotatable bonds is 7. The fraction of sp³-hybridized carbons (Fsp3) is 0.615. The van der Waals surface area contributed by atoms with Crippen LogP contribution in [-0.4, -0.2) is 58.3 Å². The molecule has 2 unspecified atom stereocenters. The number of nitrogens with one attached hydrogen (secondary N) is 1. The van der Waals surface area contributed by atoms with E-state index in [9.17, 15) is 9.59 Å². The number of hydrogen-bond acceptors (Lipinski definition) is 4. The molecule has 2 saturated heterocycles. The SMILES string of the molecule is CC.CCCCCC1CN(CC(=O)N2CCC[C@@H]2C)C(=O)C2=CC(c3ccc(Cl)cc3)NN21. The number of hydrazine groups is 1. The molecule has 4 rings (SSSR count). The average molecular weight is 475 g/mol. The standard InChI is InChI=1S/C24H33ClN4O2.C2H6/c1-3-4-5-8-20-15-27(16-23(30)28-13-6-7-17(28)2)24(31)22-14-21(26-29(20)22)18-9-11-19(25)12-10-18;1-2/h9-12,14,17,20-21,26H,3-8,13,15-16H2,1-2H3;1-2H3/t17-,20?,21?;/m0./s1. The highest BCUT2D eigenvalue weighted by Gasteiger charge is 2.41. The molecule has 0 radical (unpaired) electrons. The molecule has 7 heteroatoms. The van der Waals surface area contributed by atoms with Crippen molar-refractivity contribution >= 4 is 23.4 Å². The Balaban J connectivity index is 0.00000149. The van der Waals surface area contributed by atoms with Gasteiger partial charge in [-0.25, -0.2) is 5.43 Å². The Morgan fingerprint density at radius 3 is 2.55 bits per heavy atom. The summed E-state index contributed by atoms with van der Waals surface area (Å²) in [6.45, 7) is 9.84. The van der Waals surface area contributed by atoms with E-state index in [4.69, 9.17) is 11.6 Å². The highest BCUT2D eigenvalue weighted by Crippen LogP contribution is 2.32. The minimum atomic E-state index is -0.0702. The Labute approximate surface area is 203 Å². The quantitative estimate of drug-likeness (QED) is 0.570. The van der Waals surface area contributed by atoms with Gasteiger partial charge in [0.05, 0.1) is 12.1 Å². The lowest BCUT2D eigenvalue weighted by molar-refractivity contribution is -0.143. The van der Waals surface area contributed by atoms with Gasteiger partial charge in [0.2, 0.25) is 5.91 Å².